The number of amides is 2. The van der Waals surface area contributed by atoms with Crippen LogP contribution in [0.3, 0.4) is 0 Å². The Morgan fingerprint density at radius 3 is 1.53 bits per heavy atom. The number of aryl methyl sites for hydroxylation is 2. The first-order valence-electron chi connectivity index (χ1n) is 17.8. The number of nitrogens with two attached hydrogens (primary N) is 1. The van der Waals surface area contributed by atoms with Gasteiger partial charge in [-0.05, 0) is 123 Å². The maximum Gasteiger partial charge on any atom is 0.282 e. The number of benzene rings is 6. The van der Waals surface area contributed by atoms with E-state index >= 15 is 0 Å². The van der Waals surface area contributed by atoms with Gasteiger partial charge < -0.3 is 21.5 Å². The van der Waals surface area contributed by atoms with Crippen molar-refractivity contribution >= 4 is 77.7 Å². The van der Waals surface area contributed by atoms with E-state index in [1.54, 1.807) is 72.1 Å². The molecule has 13 heteroatoms. The highest BCUT2D eigenvalue weighted by Crippen LogP contribution is 2.33. The van der Waals surface area contributed by atoms with Crippen LogP contribution in [0.4, 0.5) is 22.7 Å². The number of nitro benzene ring substituents is 1. The summed E-state index contributed by atoms with van der Waals surface area (Å²) >= 11 is 3.28. The molecule has 2 heterocycles. The number of nitrogens with zero attached hydrogens (tertiary/aromatic N) is 3. The molecular formula is C45H42N6O5S2. The van der Waals surface area contributed by atoms with Gasteiger partial charge in [0.15, 0.2) is 0 Å². The van der Waals surface area contributed by atoms with E-state index in [1.165, 1.54) is 34.0 Å². The van der Waals surface area contributed by atoms with Crippen LogP contribution in [0.5, 0.6) is 0 Å². The molecule has 5 N–H and O–H groups in total. The summed E-state index contributed by atoms with van der Waals surface area (Å²) in [5, 5.41) is 26.1. The van der Waals surface area contributed by atoms with Crippen LogP contribution in [-0.2, 0) is 0 Å². The first-order chi connectivity index (χ1) is 27.5. The lowest BCUT2D eigenvalue weighted by atomic mass is 10.1. The van der Waals surface area contributed by atoms with Gasteiger partial charge in [-0.2, -0.15) is 0 Å². The van der Waals surface area contributed by atoms with E-state index in [-0.39, 0.29) is 31.2 Å². The van der Waals surface area contributed by atoms with Gasteiger partial charge in [0.2, 0.25) is 0 Å². The Morgan fingerprint density at radius 1 is 0.672 bits per heavy atom. The molecule has 0 saturated heterocycles. The van der Waals surface area contributed by atoms with Crippen LogP contribution < -0.4 is 16.4 Å². The highest BCUT2D eigenvalue weighted by molar-refractivity contribution is 7.22. The van der Waals surface area contributed by atoms with Gasteiger partial charge in [-0.1, -0.05) is 43.8 Å². The number of nitro groups is 1. The van der Waals surface area contributed by atoms with Gasteiger partial charge in [0.25, 0.3) is 17.5 Å². The maximum atomic E-state index is 12.4. The zero-order chi connectivity index (χ0) is 40.5. The molecule has 2 aromatic heterocycles. The third-order valence-corrected chi connectivity index (χ3v) is 10.6. The highest BCUT2D eigenvalue weighted by atomic mass is 32.1. The molecule has 0 spiro atoms. The summed E-state index contributed by atoms with van der Waals surface area (Å²) in [6, 6.07) is 40.3. The molecule has 0 aliphatic carbocycles. The average Bonchev–Trinajstić information content (AvgIpc) is 3.83. The maximum absolute atomic E-state index is 12.4. The molecule has 58 heavy (non-hydrogen) atoms. The highest BCUT2D eigenvalue weighted by Gasteiger charge is 2.19. The Bertz CT molecular complexity index is 2690. The summed E-state index contributed by atoms with van der Waals surface area (Å²) in [6.45, 7) is 6.06. The standard InChI is InChI=1S/C21H15N3O3S.C21H17N3OS.C2H6O.CH4/c1-13-6-11-17-19(12-13)28-21(23-17)14-7-9-15(10-8-14)22-20(25)16-4-2-3-5-18(16)24(26)27;1-13-6-11-18-19(12-13)26-21(24-18)14-7-9-15(10-8-14)23-20(25)16-4-2-3-5-17(16)22;1-2-3;/h2-12H,1H3,(H,22,25);2-12H,22H2,1H3,(H,23,25);3H,2H2,1H3;1H4. The van der Waals surface area contributed by atoms with Gasteiger partial charge in [0.1, 0.15) is 15.6 Å². The normalized spacial score (nSPS) is 10.3. The van der Waals surface area contributed by atoms with Crippen LogP contribution >= 0.6 is 22.7 Å². The van der Waals surface area contributed by atoms with E-state index in [9.17, 15) is 19.7 Å². The third-order valence-electron chi connectivity index (χ3n) is 8.42. The number of hydrogen-bond donors (Lipinski definition) is 4. The topological polar surface area (TPSA) is 173 Å². The van der Waals surface area contributed by atoms with Crippen molar-refractivity contribution in [1.29, 1.82) is 0 Å². The molecule has 11 nitrogen and oxygen atoms in total. The fourth-order valence-electron chi connectivity index (χ4n) is 5.63. The largest absolute Gasteiger partial charge is 0.398 e. The number of aliphatic hydroxyl groups excluding tert-OH is 1. The van der Waals surface area contributed by atoms with Gasteiger partial charge in [-0.15, -0.1) is 22.7 Å². The van der Waals surface area contributed by atoms with Gasteiger partial charge >= 0.3 is 0 Å². The van der Waals surface area contributed by atoms with Gasteiger partial charge in [-0.3, -0.25) is 19.7 Å². The Labute approximate surface area is 344 Å². The van der Waals surface area contributed by atoms with E-state index in [0.717, 1.165) is 42.6 Å². The molecular weight excluding hydrogens is 769 g/mol. The Hall–Kier alpha value is -6.80. The van der Waals surface area contributed by atoms with Crippen molar-refractivity contribution in [3.63, 3.8) is 0 Å². The van der Waals surface area contributed by atoms with Gasteiger partial charge in [0, 0.05) is 40.9 Å². The number of aromatic nitrogens is 2. The molecule has 0 fully saturated rings. The first kappa shape index (κ1) is 42.3. The van der Waals surface area contributed by atoms with Crippen molar-refractivity contribution in [3.8, 4) is 21.1 Å². The summed E-state index contributed by atoms with van der Waals surface area (Å²) in [4.78, 5) is 44.6. The number of aliphatic hydroxyl groups is 1. The Balaban J connectivity index is 0.000000204. The molecule has 0 unspecified atom stereocenters. The average molecular weight is 811 g/mol. The minimum atomic E-state index is -0.563. The molecule has 0 aliphatic rings. The second kappa shape index (κ2) is 19.4. The summed E-state index contributed by atoms with van der Waals surface area (Å²) in [7, 11) is 0. The van der Waals surface area contributed by atoms with Gasteiger partial charge in [0.05, 0.1) is 30.9 Å². The number of carbonyl (C=O) groups is 2. The number of nitrogen functional groups attached to an aromatic ring is 1. The number of fused-ring (bicyclic) bond motifs is 2. The molecule has 0 radical (unpaired) electrons. The number of hydrogen-bond acceptors (Lipinski definition) is 10. The lowest BCUT2D eigenvalue weighted by Gasteiger charge is -2.07. The third kappa shape index (κ3) is 10.3. The van der Waals surface area contributed by atoms with Crippen molar-refractivity contribution in [1.82, 2.24) is 9.97 Å². The van der Waals surface area contributed by atoms with Crippen LogP contribution in [-0.4, -0.2) is 38.4 Å². The number of anilines is 3. The summed E-state index contributed by atoms with van der Waals surface area (Å²) in [6.07, 6.45) is 0. The molecule has 0 saturated carbocycles. The van der Waals surface area contributed by atoms with Gasteiger partial charge in [-0.25, -0.2) is 9.97 Å². The lowest BCUT2D eigenvalue weighted by molar-refractivity contribution is -0.385. The van der Waals surface area contributed by atoms with E-state index in [4.69, 9.17) is 10.8 Å². The number of thiazole rings is 2. The Morgan fingerprint density at radius 2 is 1.09 bits per heavy atom. The number of para-hydroxylation sites is 2. The minimum absolute atomic E-state index is 0. The van der Waals surface area contributed by atoms with Crippen LogP contribution in [0, 0.1) is 24.0 Å². The van der Waals surface area contributed by atoms with E-state index in [1.807, 2.05) is 61.5 Å². The minimum Gasteiger partial charge on any atom is -0.398 e. The Kier molecular flexibility index (Phi) is 14.1. The van der Waals surface area contributed by atoms with E-state index in [0.29, 0.717) is 16.9 Å². The zero-order valence-electron chi connectivity index (χ0n) is 31.2. The lowest BCUT2D eigenvalue weighted by Crippen LogP contribution is -2.13. The summed E-state index contributed by atoms with van der Waals surface area (Å²) < 4.78 is 2.31. The SMILES string of the molecule is C.CCO.Cc1ccc2nc(-c3ccc(NC(=O)c4ccccc4N)cc3)sc2c1.Cc1ccc2nc(-c3ccc(NC(=O)c4ccccc4[N+](=O)[O-])cc3)sc2c1. The second-order valence-corrected chi connectivity index (χ2v) is 14.8. The summed E-state index contributed by atoms with van der Waals surface area (Å²) in [5.74, 6) is -0.734. The molecule has 0 atom stereocenters. The smallest absolute Gasteiger partial charge is 0.282 e. The van der Waals surface area contributed by atoms with Crippen molar-refractivity contribution in [3.05, 3.63) is 166 Å². The summed E-state index contributed by atoms with van der Waals surface area (Å²) in [5.41, 5.74) is 14.2. The molecule has 2 amide bonds. The molecule has 6 aromatic carbocycles. The molecule has 8 aromatic rings. The van der Waals surface area contributed by atoms with Crippen molar-refractivity contribution in [2.45, 2.75) is 28.2 Å². The van der Waals surface area contributed by atoms with Crippen LogP contribution in [0.1, 0.15) is 46.2 Å². The molecule has 0 bridgehead atoms. The zero-order valence-corrected chi connectivity index (χ0v) is 32.9. The molecule has 8 rings (SSSR count). The van der Waals surface area contributed by atoms with Crippen LogP contribution in [0.2, 0.25) is 0 Å². The number of carbonyl (C=O) groups excluding carboxylic acids is 2. The van der Waals surface area contributed by atoms with E-state index in [2.05, 4.69) is 45.7 Å². The fraction of sp³-hybridized carbons (Fsp3) is 0.111. The predicted molar refractivity (Wildman–Crippen MR) is 239 cm³/mol. The first-order valence-corrected chi connectivity index (χ1v) is 19.4. The molecule has 0 aliphatic heterocycles. The molecule has 294 valence electrons. The van der Waals surface area contributed by atoms with Crippen molar-refractivity contribution in [2.24, 2.45) is 0 Å². The number of rotatable bonds is 7. The van der Waals surface area contributed by atoms with Crippen LogP contribution in [0.25, 0.3) is 41.6 Å². The van der Waals surface area contributed by atoms with Crippen molar-refractivity contribution in [2.75, 3.05) is 23.0 Å². The van der Waals surface area contributed by atoms with E-state index < -0.39 is 10.8 Å². The second-order valence-electron chi connectivity index (χ2n) is 12.7. The van der Waals surface area contributed by atoms with Crippen molar-refractivity contribution < 1.29 is 19.6 Å². The quantitative estimate of drug-likeness (QED) is 0.0699. The monoisotopic (exact) mass is 810 g/mol. The van der Waals surface area contributed by atoms with Crippen LogP contribution in [0.15, 0.2) is 133 Å². The number of nitrogens with one attached hydrogen (secondary N) is 2. The predicted octanol–water partition coefficient (Wildman–Crippen LogP) is 11.2. The fourth-order valence-corrected chi connectivity index (χ4v) is 7.77.